The summed E-state index contributed by atoms with van der Waals surface area (Å²) in [7, 11) is -7.16. The Hall–Kier alpha value is -1.00. The van der Waals surface area contributed by atoms with Gasteiger partial charge in [0.1, 0.15) is 0 Å². The number of rotatable bonds is 4. The van der Waals surface area contributed by atoms with Crippen LogP contribution in [-0.2, 0) is 20.0 Å². The van der Waals surface area contributed by atoms with E-state index in [4.69, 9.17) is 0 Å². The van der Waals surface area contributed by atoms with Gasteiger partial charge in [-0.05, 0) is 62.4 Å². The molecule has 1 atom stereocenters. The van der Waals surface area contributed by atoms with Crippen molar-refractivity contribution in [3.05, 3.63) is 24.3 Å². The smallest absolute Gasteiger partial charge is 0.243 e. The summed E-state index contributed by atoms with van der Waals surface area (Å²) in [5, 5.41) is 0. The Bertz CT molecular complexity index is 907. The molecule has 1 aromatic rings. The van der Waals surface area contributed by atoms with E-state index in [1.807, 2.05) is 0 Å². The van der Waals surface area contributed by atoms with Crippen LogP contribution in [-0.4, -0.2) is 75.7 Å². The van der Waals surface area contributed by atoms with Crippen LogP contribution in [0.5, 0.6) is 0 Å². The summed E-state index contributed by atoms with van der Waals surface area (Å²) in [4.78, 5) is 2.70. The number of nitrogens with zero attached hydrogens (tertiary/aromatic N) is 3. The Balaban J connectivity index is 1.51. The van der Waals surface area contributed by atoms with Crippen molar-refractivity contribution in [2.45, 2.75) is 48.4 Å². The first-order chi connectivity index (χ1) is 13.3. The molecule has 0 radical (unpaired) electrons. The van der Waals surface area contributed by atoms with E-state index in [0.29, 0.717) is 38.1 Å². The first-order valence-corrected chi connectivity index (χ1v) is 13.0. The van der Waals surface area contributed by atoms with Gasteiger partial charge in [0, 0.05) is 38.8 Å². The number of piperazine rings is 1. The van der Waals surface area contributed by atoms with E-state index in [-0.39, 0.29) is 9.79 Å². The lowest BCUT2D eigenvalue weighted by Crippen LogP contribution is -2.51. The highest BCUT2D eigenvalue weighted by molar-refractivity contribution is 7.89. The molecule has 0 aliphatic carbocycles. The number of sulfonamides is 2. The molecule has 28 heavy (non-hydrogen) atoms. The number of piperidine rings is 1. The lowest BCUT2D eigenvalue weighted by Gasteiger charge is -2.36. The van der Waals surface area contributed by atoms with Crippen molar-refractivity contribution < 1.29 is 16.8 Å². The maximum Gasteiger partial charge on any atom is 0.243 e. The molecule has 0 unspecified atom stereocenters. The van der Waals surface area contributed by atoms with Gasteiger partial charge in [-0.25, -0.2) is 16.8 Å². The normalized spacial score (nSPS) is 26.4. The average molecular weight is 428 g/mol. The van der Waals surface area contributed by atoms with Crippen molar-refractivity contribution in [2.24, 2.45) is 5.92 Å². The molecule has 1 aromatic carbocycles. The van der Waals surface area contributed by atoms with Crippen molar-refractivity contribution in [1.82, 2.24) is 13.5 Å². The van der Waals surface area contributed by atoms with Gasteiger partial charge in [-0.2, -0.15) is 8.61 Å². The van der Waals surface area contributed by atoms with Crippen molar-refractivity contribution in [1.29, 1.82) is 0 Å². The third-order valence-corrected chi connectivity index (χ3v) is 10.2. The van der Waals surface area contributed by atoms with Gasteiger partial charge in [0.25, 0.3) is 0 Å². The second-order valence-corrected chi connectivity index (χ2v) is 12.1. The van der Waals surface area contributed by atoms with Crippen molar-refractivity contribution >= 4 is 20.0 Å². The van der Waals surface area contributed by atoms with Crippen LogP contribution in [0.3, 0.4) is 0 Å². The summed E-state index contributed by atoms with van der Waals surface area (Å²) in [5.74, 6) is 0.541. The van der Waals surface area contributed by atoms with Crippen LogP contribution in [0, 0.1) is 5.92 Å². The van der Waals surface area contributed by atoms with Crippen LogP contribution >= 0.6 is 0 Å². The van der Waals surface area contributed by atoms with Gasteiger partial charge in [-0.3, -0.25) is 4.90 Å². The largest absolute Gasteiger partial charge is 0.298 e. The summed E-state index contributed by atoms with van der Waals surface area (Å²) < 4.78 is 54.8. The summed E-state index contributed by atoms with van der Waals surface area (Å²) in [6, 6.07) is 6.06. The van der Waals surface area contributed by atoms with Gasteiger partial charge in [0.15, 0.2) is 0 Å². The number of fused-ring (bicyclic) bond motifs is 1. The lowest BCUT2D eigenvalue weighted by molar-refractivity contribution is 0.158. The Kier molecular flexibility index (Phi) is 5.56. The van der Waals surface area contributed by atoms with Gasteiger partial charge < -0.3 is 0 Å². The van der Waals surface area contributed by atoms with Crippen molar-refractivity contribution in [3.63, 3.8) is 0 Å². The molecular weight excluding hydrogens is 398 g/mol. The summed E-state index contributed by atoms with van der Waals surface area (Å²) in [6.07, 6.45) is 3.88. The Morgan fingerprint density at radius 1 is 0.750 bits per heavy atom. The van der Waals surface area contributed by atoms with Crippen LogP contribution in [0.1, 0.15) is 32.6 Å². The molecular formula is C19H29N3O4S2. The average Bonchev–Trinajstić information content (AvgIpc) is 3.16. The molecule has 0 amide bonds. The quantitative estimate of drug-likeness (QED) is 0.729. The number of hydrogen-bond donors (Lipinski definition) is 0. The number of hydrogen-bond acceptors (Lipinski definition) is 5. The van der Waals surface area contributed by atoms with Crippen molar-refractivity contribution in [3.8, 4) is 0 Å². The minimum Gasteiger partial charge on any atom is -0.298 e. The molecule has 156 valence electrons. The fourth-order valence-electron chi connectivity index (χ4n) is 4.49. The zero-order chi connectivity index (χ0) is 19.9. The van der Waals surface area contributed by atoms with Crippen LogP contribution in [0.2, 0.25) is 0 Å². The van der Waals surface area contributed by atoms with Crippen LogP contribution in [0.25, 0.3) is 0 Å². The SMILES string of the molecule is CC1CCN(S(=O)(=O)c2ccc(S(=O)(=O)N3CCN4CCC[C@@H]4C3)cc2)CC1. The molecule has 0 bridgehead atoms. The molecule has 7 nitrogen and oxygen atoms in total. The molecule has 3 aliphatic rings. The Labute approximate surface area is 168 Å². The monoisotopic (exact) mass is 427 g/mol. The molecule has 4 rings (SSSR count). The summed E-state index contributed by atoms with van der Waals surface area (Å²) >= 11 is 0. The van der Waals surface area contributed by atoms with Gasteiger partial charge in [-0.15, -0.1) is 0 Å². The minimum atomic E-state index is -3.60. The van der Waals surface area contributed by atoms with E-state index in [1.54, 1.807) is 4.31 Å². The Morgan fingerprint density at radius 2 is 1.32 bits per heavy atom. The zero-order valence-corrected chi connectivity index (χ0v) is 18.0. The van der Waals surface area contributed by atoms with Gasteiger partial charge in [0.05, 0.1) is 9.79 Å². The van der Waals surface area contributed by atoms with E-state index < -0.39 is 20.0 Å². The standard InChI is InChI=1S/C19H29N3O4S2/c1-16-8-11-21(12-9-16)27(23,24)18-4-6-19(7-5-18)28(25,26)22-14-13-20-10-2-3-17(20)15-22/h4-7,16-17H,2-3,8-15H2,1H3/t17-/m1/s1. The lowest BCUT2D eigenvalue weighted by atomic mass is 10.0. The molecule has 9 heteroatoms. The molecule has 0 aromatic heterocycles. The summed E-state index contributed by atoms with van der Waals surface area (Å²) in [6.45, 7) is 6.02. The molecule has 3 fully saturated rings. The van der Waals surface area contributed by atoms with Crippen LogP contribution < -0.4 is 0 Å². The van der Waals surface area contributed by atoms with E-state index in [1.165, 1.54) is 28.6 Å². The third-order valence-electron chi connectivity index (χ3n) is 6.39. The highest BCUT2D eigenvalue weighted by Crippen LogP contribution is 2.28. The van der Waals surface area contributed by atoms with Gasteiger partial charge in [-0.1, -0.05) is 6.92 Å². The topological polar surface area (TPSA) is 78.0 Å². The van der Waals surface area contributed by atoms with E-state index in [0.717, 1.165) is 38.8 Å². The zero-order valence-electron chi connectivity index (χ0n) is 16.3. The van der Waals surface area contributed by atoms with Crippen LogP contribution in [0.4, 0.5) is 0 Å². The van der Waals surface area contributed by atoms with E-state index >= 15 is 0 Å². The Morgan fingerprint density at radius 3 is 1.93 bits per heavy atom. The second kappa shape index (κ2) is 7.68. The predicted molar refractivity (Wildman–Crippen MR) is 107 cm³/mol. The maximum atomic E-state index is 13.0. The van der Waals surface area contributed by atoms with Crippen LogP contribution in [0.15, 0.2) is 34.1 Å². The molecule has 0 spiro atoms. The fraction of sp³-hybridized carbons (Fsp3) is 0.684. The first-order valence-electron chi connectivity index (χ1n) is 10.1. The second-order valence-electron chi connectivity index (χ2n) is 8.25. The molecule has 3 heterocycles. The predicted octanol–water partition coefficient (Wildman–Crippen LogP) is 1.58. The number of benzene rings is 1. The minimum absolute atomic E-state index is 0.168. The molecule has 0 N–H and O–H groups in total. The third kappa shape index (κ3) is 3.75. The molecule has 3 saturated heterocycles. The molecule has 0 saturated carbocycles. The maximum absolute atomic E-state index is 13.0. The molecule has 3 aliphatic heterocycles. The first kappa shape index (κ1) is 20.3. The van der Waals surface area contributed by atoms with E-state index in [9.17, 15) is 16.8 Å². The van der Waals surface area contributed by atoms with Gasteiger partial charge in [0.2, 0.25) is 20.0 Å². The summed E-state index contributed by atoms with van der Waals surface area (Å²) in [5.41, 5.74) is 0. The highest BCUT2D eigenvalue weighted by Gasteiger charge is 2.36. The van der Waals surface area contributed by atoms with Gasteiger partial charge >= 0.3 is 0 Å². The van der Waals surface area contributed by atoms with E-state index in [2.05, 4.69) is 11.8 Å². The van der Waals surface area contributed by atoms with Crippen molar-refractivity contribution in [2.75, 3.05) is 39.3 Å². The highest BCUT2D eigenvalue weighted by atomic mass is 32.2. The fourth-order valence-corrected chi connectivity index (χ4v) is 7.43.